The zero-order chi connectivity index (χ0) is 10.6. The van der Waals surface area contributed by atoms with E-state index in [9.17, 15) is 4.79 Å². The van der Waals surface area contributed by atoms with Crippen LogP contribution in [0.15, 0.2) is 0 Å². The molecule has 80 valence electrons. The van der Waals surface area contributed by atoms with Crippen molar-refractivity contribution in [1.82, 2.24) is 4.90 Å². The molecule has 2 fully saturated rings. The molecule has 2 aliphatic rings. The molecule has 0 aromatic heterocycles. The van der Waals surface area contributed by atoms with Crippen LogP contribution in [0.4, 0.5) is 0 Å². The molecule has 2 aliphatic carbocycles. The van der Waals surface area contributed by atoms with Crippen molar-refractivity contribution in [2.45, 2.75) is 33.1 Å². The Balaban J connectivity index is 2.34. The van der Waals surface area contributed by atoms with Crippen LogP contribution in [-0.2, 0) is 4.79 Å². The molecule has 2 heteroatoms. The van der Waals surface area contributed by atoms with Crippen LogP contribution in [0.25, 0.3) is 0 Å². The van der Waals surface area contributed by atoms with Crippen LogP contribution in [-0.4, -0.2) is 31.3 Å². The molecule has 14 heavy (non-hydrogen) atoms. The first kappa shape index (κ1) is 10.2. The molecule has 0 saturated heterocycles. The van der Waals surface area contributed by atoms with Crippen molar-refractivity contribution in [2.75, 3.05) is 20.6 Å². The highest BCUT2D eigenvalue weighted by molar-refractivity contribution is 5.90. The maximum Gasteiger partial charge on any atom is 0.141 e. The summed E-state index contributed by atoms with van der Waals surface area (Å²) in [6.45, 7) is 5.52. The number of hydrogen-bond acceptors (Lipinski definition) is 2. The van der Waals surface area contributed by atoms with Crippen molar-refractivity contribution in [1.29, 1.82) is 0 Å². The zero-order valence-electron chi connectivity index (χ0n) is 9.76. The van der Waals surface area contributed by atoms with E-state index in [2.05, 4.69) is 32.8 Å². The van der Waals surface area contributed by atoms with Crippen LogP contribution in [0.2, 0.25) is 0 Å². The second kappa shape index (κ2) is 2.82. The van der Waals surface area contributed by atoms with Crippen molar-refractivity contribution in [2.24, 2.45) is 16.7 Å². The zero-order valence-corrected chi connectivity index (χ0v) is 9.76. The van der Waals surface area contributed by atoms with Gasteiger partial charge in [-0.2, -0.15) is 0 Å². The fourth-order valence-corrected chi connectivity index (χ4v) is 3.68. The minimum Gasteiger partial charge on any atom is -0.308 e. The summed E-state index contributed by atoms with van der Waals surface area (Å²) >= 11 is 0. The van der Waals surface area contributed by atoms with Gasteiger partial charge in [0.1, 0.15) is 5.78 Å². The third kappa shape index (κ3) is 1.04. The first-order valence-electron chi connectivity index (χ1n) is 5.58. The Labute approximate surface area is 86.7 Å². The third-order valence-corrected chi connectivity index (χ3v) is 4.73. The van der Waals surface area contributed by atoms with Gasteiger partial charge in [-0.15, -0.1) is 0 Å². The Morgan fingerprint density at radius 1 is 1.43 bits per heavy atom. The van der Waals surface area contributed by atoms with Crippen LogP contribution >= 0.6 is 0 Å². The molecule has 0 aromatic rings. The topological polar surface area (TPSA) is 20.3 Å². The van der Waals surface area contributed by atoms with Gasteiger partial charge in [0.15, 0.2) is 0 Å². The van der Waals surface area contributed by atoms with Gasteiger partial charge in [0, 0.05) is 18.4 Å². The van der Waals surface area contributed by atoms with Crippen molar-refractivity contribution < 1.29 is 4.79 Å². The summed E-state index contributed by atoms with van der Waals surface area (Å²) in [4.78, 5) is 14.3. The molecule has 0 heterocycles. The van der Waals surface area contributed by atoms with E-state index in [1.807, 2.05) is 0 Å². The number of carbonyl (C=O) groups excluding carboxylic acids is 1. The smallest absolute Gasteiger partial charge is 0.141 e. The van der Waals surface area contributed by atoms with Gasteiger partial charge in [0.25, 0.3) is 0 Å². The Bertz CT molecular complexity index is 269. The number of ketones is 1. The van der Waals surface area contributed by atoms with Gasteiger partial charge in [0.2, 0.25) is 0 Å². The number of nitrogens with zero attached hydrogens (tertiary/aromatic N) is 1. The largest absolute Gasteiger partial charge is 0.308 e. The molecule has 0 aromatic carbocycles. The van der Waals surface area contributed by atoms with Crippen molar-refractivity contribution in [3.8, 4) is 0 Å². The molecule has 2 saturated carbocycles. The lowest BCUT2D eigenvalue weighted by Gasteiger charge is -2.38. The highest BCUT2D eigenvalue weighted by atomic mass is 16.1. The van der Waals surface area contributed by atoms with Gasteiger partial charge in [-0.05, 0) is 38.3 Å². The molecule has 0 amide bonds. The van der Waals surface area contributed by atoms with Crippen LogP contribution in [0, 0.1) is 16.7 Å². The monoisotopic (exact) mass is 195 g/mol. The number of fused-ring (bicyclic) bond motifs is 2. The van der Waals surface area contributed by atoms with E-state index in [1.165, 1.54) is 6.42 Å². The van der Waals surface area contributed by atoms with E-state index in [4.69, 9.17) is 0 Å². The lowest BCUT2D eigenvalue weighted by atomic mass is 9.68. The van der Waals surface area contributed by atoms with Crippen LogP contribution in [0.5, 0.6) is 0 Å². The molecule has 0 radical (unpaired) electrons. The normalized spacial score (nSPS) is 39.8. The molecule has 2 atom stereocenters. The van der Waals surface area contributed by atoms with E-state index in [-0.39, 0.29) is 10.8 Å². The first-order chi connectivity index (χ1) is 6.40. The fraction of sp³-hybridized carbons (Fsp3) is 0.917. The SMILES string of the molecule is CN(C)CC12CCC(CC1=O)C2(C)C. The van der Waals surface area contributed by atoms with Gasteiger partial charge in [0.05, 0.1) is 0 Å². The summed E-state index contributed by atoms with van der Waals surface area (Å²) in [5.41, 5.74) is 0.204. The van der Waals surface area contributed by atoms with Crippen LogP contribution in [0.1, 0.15) is 33.1 Å². The Hall–Kier alpha value is -0.370. The molecular weight excluding hydrogens is 174 g/mol. The second-order valence-corrected chi connectivity index (χ2v) is 5.90. The molecule has 2 bridgehead atoms. The van der Waals surface area contributed by atoms with Crippen LogP contribution < -0.4 is 0 Å². The number of carbonyl (C=O) groups is 1. The Morgan fingerprint density at radius 2 is 2.07 bits per heavy atom. The predicted octanol–water partition coefficient (Wildman–Crippen LogP) is 1.94. The van der Waals surface area contributed by atoms with E-state index in [0.29, 0.717) is 11.7 Å². The maximum atomic E-state index is 12.1. The second-order valence-electron chi connectivity index (χ2n) is 5.90. The van der Waals surface area contributed by atoms with E-state index >= 15 is 0 Å². The molecule has 0 N–H and O–H groups in total. The van der Waals surface area contributed by atoms with E-state index in [1.54, 1.807) is 0 Å². The molecule has 2 nitrogen and oxygen atoms in total. The standard InChI is InChI=1S/C12H21NO/c1-11(2)9-5-6-12(11,8-13(3)4)10(14)7-9/h9H,5-8H2,1-4H3. The highest BCUT2D eigenvalue weighted by Crippen LogP contribution is 2.63. The first-order valence-corrected chi connectivity index (χ1v) is 5.58. The van der Waals surface area contributed by atoms with Gasteiger partial charge in [-0.1, -0.05) is 13.8 Å². The van der Waals surface area contributed by atoms with Crippen molar-refractivity contribution in [3.05, 3.63) is 0 Å². The van der Waals surface area contributed by atoms with Crippen LogP contribution in [0.3, 0.4) is 0 Å². The lowest BCUT2D eigenvalue weighted by Crippen LogP contribution is -2.44. The summed E-state index contributed by atoms with van der Waals surface area (Å²) in [6.07, 6.45) is 3.20. The fourth-order valence-electron chi connectivity index (χ4n) is 3.68. The quantitative estimate of drug-likeness (QED) is 0.671. The molecule has 0 aliphatic heterocycles. The van der Waals surface area contributed by atoms with Gasteiger partial charge in [-0.25, -0.2) is 0 Å². The minimum absolute atomic E-state index is 0.0266. The summed E-state index contributed by atoms with van der Waals surface area (Å²) in [7, 11) is 4.15. The maximum absolute atomic E-state index is 12.1. The summed E-state index contributed by atoms with van der Waals surface area (Å²) in [6, 6.07) is 0. The van der Waals surface area contributed by atoms with E-state index < -0.39 is 0 Å². The highest BCUT2D eigenvalue weighted by Gasteiger charge is 2.63. The van der Waals surface area contributed by atoms with Crippen molar-refractivity contribution >= 4 is 5.78 Å². The average molecular weight is 195 g/mol. The minimum atomic E-state index is -0.0266. The molecular formula is C12H21NO. The molecule has 2 unspecified atom stereocenters. The molecule has 0 spiro atoms. The lowest BCUT2D eigenvalue weighted by molar-refractivity contribution is -0.130. The Morgan fingerprint density at radius 3 is 2.43 bits per heavy atom. The van der Waals surface area contributed by atoms with E-state index in [0.717, 1.165) is 19.4 Å². The third-order valence-electron chi connectivity index (χ3n) is 4.73. The van der Waals surface area contributed by atoms with Crippen molar-refractivity contribution in [3.63, 3.8) is 0 Å². The Kier molecular flexibility index (Phi) is 2.04. The molecule has 2 rings (SSSR count). The summed E-state index contributed by atoms with van der Waals surface area (Å²) < 4.78 is 0. The van der Waals surface area contributed by atoms with Gasteiger partial charge in [-0.3, -0.25) is 4.79 Å². The van der Waals surface area contributed by atoms with Gasteiger partial charge < -0.3 is 4.90 Å². The summed E-state index contributed by atoms with van der Waals surface area (Å²) in [5, 5.41) is 0. The summed E-state index contributed by atoms with van der Waals surface area (Å²) in [5.74, 6) is 1.17. The predicted molar refractivity (Wildman–Crippen MR) is 57.1 cm³/mol. The number of Topliss-reactive ketones (excluding diaryl/α,β-unsaturated/α-hetero) is 1. The van der Waals surface area contributed by atoms with Gasteiger partial charge >= 0.3 is 0 Å². The average Bonchev–Trinajstić information content (AvgIpc) is 2.36. The number of hydrogen-bond donors (Lipinski definition) is 0. The number of rotatable bonds is 2.